The fraction of sp³-hybridized carbons (Fsp3) is 0.257. The molecule has 0 fully saturated rings. The Morgan fingerprint density at radius 3 is 2.43 bits per heavy atom. The molecule has 4 aromatic carbocycles. The fourth-order valence-electron chi connectivity index (χ4n) is 5.21. The monoisotopic (exact) mass is 724 g/mol. The van der Waals surface area contributed by atoms with Gasteiger partial charge < -0.3 is 19.9 Å². The predicted molar refractivity (Wildman–Crippen MR) is 182 cm³/mol. The lowest BCUT2D eigenvalue weighted by molar-refractivity contribution is -0.129. The molecule has 1 aliphatic rings. The van der Waals surface area contributed by atoms with E-state index in [1.54, 1.807) is 60.7 Å². The van der Waals surface area contributed by atoms with Crippen molar-refractivity contribution in [1.29, 1.82) is 0 Å². The summed E-state index contributed by atoms with van der Waals surface area (Å²) in [6.07, 6.45) is -0.0103. The van der Waals surface area contributed by atoms with Crippen LogP contribution in [-0.2, 0) is 25.8 Å². The lowest BCUT2D eigenvalue weighted by Gasteiger charge is -2.30. The molecule has 8 nitrogen and oxygen atoms in total. The Labute approximate surface area is 282 Å². The van der Waals surface area contributed by atoms with Gasteiger partial charge in [0.2, 0.25) is 5.90 Å². The number of nitrogens with zero attached hydrogens (tertiary/aromatic N) is 1. The number of carbonyl (C=O) groups excluding carboxylic acids is 1. The summed E-state index contributed by atoms with van der Waals surface area (Å²) >= 11 is 9.63. The van der Waals surface area contributed by atoms with Crippen molar-refractivity contribution in [3.63, 3.8) is 0 Å². The van der Waals surface area contributed by atoms with Gasteiger partial charge in [-0.05, 0) is 78.2 Å². The van der Waals surface area contributed by atoms with Crippen LogP contribution in [0.3, 0.4) is 0 Å². The molecule has 4 aromatic rings. The largest absolute Gasteiger partial charge is 0.494 e. The van der Waals surface area contributed by atoms with Crippen LogP contribution in [-0.4, -0.2) is 56.4 Å². The molecule has 1 aliphatic heterocycles. The van der Waals surface area contributed by atoms with E-state index in [2.05, 4.69) is 21.2 Å². The summed E-state index contributed by atoms with van der Waals surface area (Å²) in [6.45, 7) is 0.681. The zero-order valence-corrected chi connectivity index (χ0v) is 28.1. The first-order valence-electron chi connectivity index (χ1n) is 14.9. The Bertz CT molecular complexity index is 1770. The van der Waals surface area contributed by atoms with Crippen LogP contribution in [0.4, 0.5) is 0 Å². The Kier molecular flexibility index (Phi) is 11.2. The fourth-order valence-corrected chi connectivity index (χ4v) is 7.07. The van der Waals surface area contributed by atoms with Crippen LogP contribution in [0, 0.1) is 0 Å². The van der Waals surface area contributed by atoms with E-state index >= 15 is 0 Å². The first-order valence-corrected chi connectivity index (χ1v) is 17.7. The van der Waals surface area contributed by atoms with E-state index in [1.165, 1.54) is 0 Å². The summed E-state index contributed by atoms with van der Waals surface area (Å²) in [5, 5.41) is 12.7. The summed E-state index contributed by atoms with van der Waals surface area (Å²) in [5.74, 6) is 0.0598. The first-order chi connectivity index (χ1) is 22.2. The molecule has 2 atom stereocenters. The van der Waals surface area contributed by atoms with Gasteiger partial charge in [0.15, 0.2) is 21.5 Å². The molecule has 0 radical (unpaired) electrons. The van der Waals surface area contributed by atoms with Gasteiger partial charge >= 0.3 is 0 Å². The van der Waals surface area contributed by atoms with Crippen LogP contribution in [0.5, 0.6) is 5.75 Å². The molecule has 0 saturated carbocycles. The zero-order valence-electron chi connectivity index (χ0n) is 24.9. The minimum atomic E-state index is -3.76. The molecule has 0 spiro atoms. The number of halogens is 2. The van der Waals surface area contributed by atoms with Crippen molar-refractivity contribution in [1.82, 2.24) is 5.32 Å². The second-order valence-corrected chi connectivity index (χ2v) is 14.3. The summed E-state index contributed by atoms with van der Waals surface area (Å²) in [5.41, 5.74) is 0.630. The van der Waals surface area contributed by atoms with Gasteiger partial charge in [-0.15, -0.1) is 0 Å². The van der Waals surface area contributed by atoms with E-state index in [-0.39, 0.29) is 36.1 Å². The maximum Gasteiger partial charge on any atom is 0.252 e. The number of ether oxygens (including phenoxy) is 2. The number of hydrogen-bond donors (Lipinski definition) is 2. The normalized spacial score (nSPS) is 17.6. The molecule has 0 bridgehead atoms. The number of benzene rings is 4. The smallest absolute Gasteiger partial charge is 0.252 e. The number of hydrogen-bond acceptors (Lipinski definition) is 7. The van der Waals surface area contributed by atoms with Gasteiger partial charge in [-0.2, -0.15) is 0 Å². The quantitative estimate of drug-likeness (QED) is 0.147. The number of nitrogens with one attached hydrogen (secondary N) is 1. The van der Waals surface area contributed by atoms with Gasteiger partial charge in [-0.3, -0.25) is 4.79 Å². The maximum atomic E-state index is 14.3. The van der Waals surface area contributed by atoms with Crippen molar-refractivity contribution in [3.8, 4) is 5.75 Å². The van der Waals surface area contributed by atoms with Gasteiger partial charge in [-0.1, -0.05) is 70.0 Å². The highest BCUT2D eigenvalue weighted by molar-refractivity contribution is 9.10. The second-order valence-electron chi connectivity index (χ2n) is 10.9. The summed E-state index contributed by atoms with van der Waals surface area (Å²) in [7, 11) is -3.76. The van der Waals surface area contributed by atoms with Gasteiger partial charge in [0.1, 0.15) is 5.75 Å². The minimum absolute atomic E-state index is 0.0312. The zero-order chi connectivity index (χ0) is 32.6. The van der Waals surface area contributed by atoms with Crippen LogP contribution in [0.1, 0.15) is 35.6 Å². The third kappa shape index (κ3) is 8.17. The minimum Gasteiger partial charge on any atom is -0.494 e. The van der Waals surface area contributed by atoms with E-state index in [9.17, 15) is 13.2 Å². The third-order valence-electron chi connectivity index (χ3n) is 7.65. The van der Waals surface area contributed by atoms with Crippen molar-refractivity contribution in [3.05, 3.63) is 129 Å². The van der Waals surface area contributed by atoms with Crippen molar-refractivity contribution < 1.29 is 27.8 Å². The molecule has 11 heteroatoms. The van der Waals surface area contributed by atoms with E-state index in [0.717, 1.165) is 10.0 Å². The lowest BCUT2D eigenvalue weighted by Crippen LogP contribution is -2.49. The van der Waals surface area contributed by atoms with Crippen LogP contribution in [0.2, 0.25) is 5.02 Å². The molecule has 1 amide bonds. The molecule has 0 unspecified atom stereocenters. The maximum absolute atomic E-state index is 14.3. The van der Waals surface area contributed by atoms with Crippen LogP contribution < -0.4 is 10.1 Å². The molecule has 0 aliphatic carbocycles. The highest BCUT2D eigenvalue weighted by atomic mass is 79.9. The number of amides is 1. The molecule has 46 heavy (non-hydrogen) atoms. The van der Waals surface area contributed by atoms with Gasteiger partial charge in [0, 0.05) is 41.1 Å². The molecule has 2 N–H and O–H groups in total. The SMILES string of the molecule is O=C(NCCc1cccc(Cl)c1)[C@]1(CCS(=O)(=O)c2ccccc2)N=C(c2ccc(OCCCO)cc2)O[C@@H]1c1ccc(Br)cc1. The molecule has 0 saturated heterocycles. The number of rotatable bonds is 14. The van der Waals surface area contributed by atoms with Gasteiger partial charge in [0.05, 0.1) is 17.3 Å². The molecule has 0 aromatic heterocycles. The Morgan fingerprint density at radius 1 is 1.00 bits per heavy atom. The lowest BCUT2D eigenvalue weighted by atomic mass is 9.85. The second kappa shape index (κ2) is 15.3. The van der Waals surface area contributed by atoms with Crippen LogP contribution >= 0.6 is 27.5 Å². The van der Waals surface area contributed by atoms with E-state index in [4.69, 9.17) is 31.2 Å². The number of aliphatic imine (C=N–C) groups is 1. The summed E-state index contributed by atoms with van der Waals surface area (Å²) in [4.78, 5) is 19.4. The van der Waals surface area contributed by atoms with Crippen molar-refractivity contribution in [2.24, 2.45) is 4.99 Å². The molecule has 1 heterocycles. The number of aliphatic hydroxyl groups excluding tert-OH is 1. The number of aliphatic hydroxyl groups is 1. The van der Waals surface area contributed by atoms with Gasteiger partial charge in [-0.25, -0.2) is 13.4 Å². The molecule has 5 rings (SSSR count). The molecule has 240 valence electrons. The first kappa shape index (κ1) is 33.7. The third-order valence-corrected chi connectivity index (χ3v) is 10.1. The average molecular weight is 726 g/mol. The Balaban J connectivity index is 1.51. The molecular weight excluding hydrogens is 692 g/mol. The van der Waals surface area contributed by atoms with Gasteiger partial charge in [0.25, 0.3) is 5.91 Å². The average Bonchev–Trinajstić information content (AvgIpc) is 3.46. The standard InChI is InChI=1S/C35H34BrClN2O6S/c36-28-14-10-26(11-15-28)32-35(19-23-46(42,43)31-8-2-1-3-9-31,34(41)38-20-18-25-6-4-7-29(37)24-25)39-33(45-32)27-12-16-30(17-13-27)44-22-5-21-40/h1-4,6-17,24,32,40H,5,18-23H2,(H,38,41)/t32-,35-/m1/s1. The van der Waals surface area contributed by atoms with Crippen LogP contribution in [0.15, 0.2) is 117 Å². The predicted octanol–water partition coefficient (Wildman–Crippen LogP) is 6.34. The van der Waals surface area contributed by atoms with Crippen molar-refractivity contribution >= 4 is 49.2 Å². The highest BCUT2D eigenvalue weighted by Gasteiger charge is 2.53. The molecular formula is C35H34BrClN2O6S. The van der Waals surface area contributed by atoms with E-state index in [0.29, 0.717) is 41.3 Å². The summed E-state index contributed by atoms with van der Waals surface area (Å²) < 4.78 is 40.0. The summed E-state index contributed by atoms with van der Waals surface area (Å²) in [6, 6.07) is 30.0. The number of carbonyl (C=O) groups is 1. The van der Waals surface area contributed by atoms with E-state index < -0.39 is 27.4 Å². The van der Waals surface area contributed by atoms with Crippen molar-refractivity contribution in [2.45, 2.75) is 35.8 Å². The number of sulfone groups is 1. The van der Waals surface area contributed by atoms with E-state index in [1.807, 2.05) is 42.5 Å². The van der Waals surface area contributed by atoms with Crippen molar-refractivity contribution in [2.75, 3.05) is 25.5 Å². The Hall–Kier alpha value is -3.70. The van der Waals surface area contributed by atoms with Crippen LogP contribution in [0.25, 0.3) is 0 Å². The topological polar surface area (TPSA) is 114 Å². The Morgan fingerprint density at radius 2 is 1.74 bits per heavy atom. The highest BCUT2D eigenvalue weighted by Crippen LogP contribution is 2.43.